The topological polar surface area (TPSA) is 53.0 Å². The summed E-state index contributed by atoms with van der Waals surface area (Å²) in [5, 5.41) is 0.617. The van der Waals surface area contributed by atoms with Crippen molar-refractivity contribution in [3.8, 4) is 0 Å². The first-order chi connectivity index (χ1) is 11.0. The molecule has 2 heterocycles. The number of hydrogen-bond acceptors (Lipinski definition) is 3. The minimum atomic E-state index is -0.285. The standard InChI is InChI=1S/C17H20ClN3O2/c1-11(2)21-10-13(9-15(21)22)17(23)20-7-6-19-16(20)12-4-3-5-14(18)8-12/h3-5,8,11,13H,6-7,9-10H2,1-2H3. The van der Waals surface area contributed by atoms with Crippen molar-refractivity contribution in [1.29, 1.82) is 0 Å². The number of carbonyl (C=O) groups excluding carboxylic acids is 2. The lowest BCUT2D eigenvalue weighted by molar-refractivity contribution is -0.132. The van der Waals surface area contributed by atoms with Crippen molar-refractivity contribution in [3.05, 3.63) is 34.9 Å². The van der Waals surface area contributed by atoms with Crippen LogP contribution in [0.15, 0.2) is 29.3 Å². The van der Waals surface area contributed by atoms with E-state index in [-0.39, 0.29) is 30.2 Å². The maximum Gasteiger partial charge on any atom is 0.233 e. The molecule has 3 rings (SSSR count). The fraction of sp³-hybridized carbons (Fsp3) is 0.471. The average Bonchev–Trinajstić information content (AvgIpc) is 3.13. The highest BCUT2D eigenvalue weighted by Crippen LogP contribution is 2.25. The maximum absolute atomic E-state index is 12.9. The van der Waals surface area contributed by atoms with E-state index in [1.807, 2.05) is 32.0 Å². The molecule has 0 aliphatic carbocycles. The van der Waals surface area contributed by atoms with E-state index in [0.29, 0.717) is 30.5 Å². The lowest BCUT2D eigenvalue weighted by Crippen LogP contribution is -2.40. The lowest BCUT2D eigenvalue weighted by Gasteiger charge is -2.24. The SMILES string of the molecule is CC(C)N1CC(C(=O)N2CCN=C2c2cccc(Cl)c2)CC1=O. The summed E-state index contributed by atoms with van der Waals surface area (Å²) >= 11 is 6.04. The summed E-state index contributed by atoms with van der Waals surface area (Å²) in [4.78, 5) is 32.8. The number of amides is 2. The Bertz CT molecular complexity index is 672. The van der Waals surface area contributed by atoms with Crippen molar-refractivity contribution in [2.24, 2.45) is 10.9 Å². The fourth-order valence-electron chi connectivity index (χ4n) is 3.15. The molecule has 1 fully saturated rings. The molecule has 2 aliphatic rings. The number of likely N-dealkylation sites (tertiary alicyclic amines) is 1. The van der Waals surface area contributed by atoms with Crippen LogP contribution in [0.1, 0.15) is 25.8 Å². The zero-order valence-corrected chi connectivity index (χ0v) is 14.1. The van der Waals surface area contributed by atoms with Crippen LogP contribution < -0.4 is 0 Å². The van der Waals surface area contributed by atoms with Gasteiger partial charge in [-0.15, -0.1) is 0 Å². The molecule has 6 heteroatoms. The highest BCUT2D eigenvalue weighted by Gasteiger charge is 2.39. The Labute approximate surface area is 140 Å². The van der Waals surface area contributed by atoms with Gasteiger partial charge in [-0.2, -0.15) is 0 Å². The van der Waals surface area contributed by atoms with Crippen molar-refractivity contribution < 1.29 is 9.59 Å². The third kappa shape index (κ3) is 3.11. The first-order valence-corrected chi connectivity index (χ1v) is 8.26. The van der Waals surface area contributed by atoms with Crippen LogP contribution >= 0.6 is 11.6 Å². The summed E-state index contributed by atoms with van der Waals surface area (Å²) in [6, 6.07) is 7.48. The normalized spacial score (nSPS) is 21.3. The van der Waals surface area contributed by atoms with Gasteiger partial charge < -0.3 is 4.90 Å². The van der Waals surface area contributed by atoms with Gasteiger partial charge >= 0.3 is 0 Å². The first kappa shape index (κ1) is 16.0. The molecule has 0 bridgehead atoms. The van der Waals surface area contributed by atoms with Crippen molar-refractivity contribution in [1.82, 2.24) is 9.80 Å². The van der Waals surface area contributed by atoms with E-state index in [1.165, 1.54) is 0 Å². The number of rotatable bonds is 3. The van der Waals surface area contributed by atoms with Crippen LogP contribution in [0.2, 0.25) is 5.02 Å². The fourth-order valence-corrected chi connectivity index (χ4v) is 3.34. The zero-order chi connectivity index (χ0) is 16.6. The average molecular weight is 334 g/mol. The molecule has 5 nitrogen and oxygen atoms in total. The first-order valence-electron chi connectivity index (χ1n) is 7.88. The molecule has 1 aromatic rings. The Hall–Kier alpha value is -1.88. The summed E-state index contributed by atoms with van der Waals surface area (Å²) in [6.45, 7) is 5.59. The minimum absolute atomic E-state index is 0.0160. The van der Waals surface area contributed by atoms with E-state index < -0.39 is 0 Å². The molecule has 2 amide bonds. The van der Waals surface area contributed by atoms with Crippen LogP contribution in [-0.4, -0.2) is 53.1 Å². The molecule has 0 saturated carbocycles. The molecule has 1 aromatic carbocycles. The minimum Gasteiger partial charge on any atom is -0.339 e. The van der Waals surface area contributed by atoms with E-state index in [1.54, 1.807) is 15.9 Å². The number of amidine groups is 1. The van der Waals surface area contributed by atoms with Crippen molar-refractivity contribution >= 4 is 29.3 Å². The van der Waals surface area contributed by atoms with Gasteiger partial charge in [-0.3, -0.25) is 19.5 Å². The molecule has 122 valence electrons. The molecular formula is C17H20ClN3O2. The van der Waals surface area contributed by atoms with E-state index >= 15 is 0 Å². The van der Waals surface area contributed by atoms with Crippen LogP contribution in [0.3, 0.4) is 0 Å². The number of aliphatic imine (C=N–C) groups is 1. The number of benzene rings is 1. The van der Waals surface area contributed by atoms with Crippen LogP contribution in [0.5, 0.6) is 0 Å². The Kier molecular flexibility index (Phi) is 4.39. The van der Waals surface area contributed by atoms with Crippen LogP contribution in [0, 0.1) is 5.92 Å². The summed E-state index contributed by atoms with van der Waals surface area (Å²) in [7, 11) is 0. The molecule has 1 saturated heterocycles. The van der Waals surface area contributed by atoms with Gasteiger partial charge in [0.2, 0.25) is 11.8 Å². The molecule has 1 atom stereocenters. The quantitative estimate of drug-likeness (QED) is 0.851. The van der Waals surface area contributed by atoms with Gasteiger partial charge in [0.15, 0.2) is 0 Å². The largest absolute Gasteiger partial charge is 0.339 e. The predicted molar refractivity (Wildman–Crippen MR) is 89.5 cm³/mol. The van der Waals surface area contributed by atoms with Gasteiger partial charge in [0.25, 0.3) is 0 Å². The molecule has 0 spiro atoms. The summed E-state index contributed by atoms with van der Waals surface area (Å²) in [5.41, 5.74) is 0.841. The summed E-state index contributed by atoms with van der Waals surface area (Å²) < 4.78 is 0. The van der Waals surface area contributed by atoms with Crippen molar-refractivity contribution in [2.45, 2.75) is 26.3 Å². The second-order valence-corrected chi connectivity index (χ2v) is 6.68. The van der Waals surface area contributed by atoms with Crippen LogP contribution in [0.4, 0.5) is 0 Å². The van der Waals surface area contributed by atoms with E-state index in [2.05, 4.69) is 4.99 Å². The Morgan fingerprint density at radius 1 is 1.39 bits per heavy atom. The molecule has 0 N–H and O–H groups in total. The van der Waals surface area contributed by atoms with Crippen LogP contribution in [0.25, 0.3) is 0 Å². The molecule has 23 heavy (non-hydrogen) atoms. The monoisotopic (exact) mass is 333 g/mol. The lowest BCUT2D eigenvalue weighted by atomic mass is 10.1. The highest BCUT2D eigenvalue weighted by molar-refractivity contribution is 6.31. The molecular weight excluding hydrogens is 314 g/mol. The second-order valence-electron chi connectivity index (χ2n) is 6.25. The number of hydrogen-bond donors (Lipinski definition) is 0. The van der Waals surface area contributed by atoms with Gasteiger partial charge in [-0.05, 0) is 26.0 Å². The Balaban J connectivity index is 1.78. The third-order valence-corrected chi connectivity index (χ3v) is 4.56. The van der Waals surface area contributed by atoms with Gasteiger partial charge in [-0.25, -0.2) is 0 Å². The van der Waals surface area contributed by atoms with Crippen molar-refractivity contribution in [2.75, 3.05) is 19.6 Å². The summed E-state index contributed by atoms with van der Waals surface area (Å²) in [6.07, 6.45) is 0.288. The molecule has 0 radical (unpaired) electrons. The Morgan fingerprint density at radius 3 is 2.83 bits per heavy atom. The van der Waals surface area contributed by atoms with Gasteiger partial charge in [0.05, 0.1) is 12.5 Å². The number of carbonyl (C=O) groups is 2. The predicted octanol–water partition coefficient (Wildman–Crippen LogP) is 2.19. The summed E-state index contributed by atoms with van der Waals surface area (Å²) in [5.74, 6) is 0.414. The second kappa shape index (κ2) is 6.32. The van der Waals surface area contributed by atoms with Gasteiger partial charge in [0.1, 0.15) is 5.84 Å². The number of nitrogens with zero attached hydrogens (tertiary/aromatic N) is 3. The van der Waals surface area contributed by atoms with E-state index in [0.717, 1.165) is 5.56 Å². The molecule has 2 aliphatic heterocycles. The highest BCUT2D eigenvalue weighted by atomic mass is 35.5. The van der Waals surface area contributed by atoms with Crippen molar-refractivity contribution in [3.63, 3.8) is 0 Å². The van der Waals surface area contributed by atoms with Crippen LogP contribution in [-0.2, 0) is 9.59 Å². The Morgan fingerprint density at radius 2 is 2.17 bits per heavy atom. The van der Waals surface area contributed by atoms with Gasteiger partial charge in [-0.1, -0.05) is 23.7 Å². The maximum atomic E-state index is 12.9. The van der Waals surface area contributed by atoms with E-state index in [9.17, 15) is 9.59 Å². The zero-order valence-electron chi connectivity index (χ0n) is 13.3. The van der Waals surface area contributed by atoms with E-state index in [4.69, 9.17) is 11.6 Å². The van der Waals surface area contributed by atoms with Gasteiger partial charge in [0, 0.05) is 36.1 Å². The third-order valence-electron chi connectivity index (χ3n) is 4.32. The smallest absolute Gasteiger partial charge is 0.233 e. The molecule has 1 unspecified atom stereocenters. The molecule has 0 aromatic heterocycles. The number of halogens is 1.